The van der Waals surface area contributed by atoms with E-state index in [0.29, 0.717) is 37.2 Å². The molecule has 182 valence electrons. The number of piperidine rings is 1. The number of methoxy groups -OCH3 is 1. The van der Waals surface area contributed by atoms with Crippen molar-refractivity contribution in [2.75, 3.05) is 26.7 Å². The number of carboxylic acid groups (broad SMARTS) is 1. The zero-order valence-corrected chi connectivity index (χ0v) is 19.9. The van der Waals surface area contributed by atoms with E-state index in [0.717, 1.165) is 29.4 Å². The van der Waals surface area contributed by atoms with Gasteiger partial charge in [-0.1, -0.05) is 11.8 Å². The highest BCUT2D eigenvalue weighted by molar-refractivity contribution is 5.83. The Labute approximate surface area is 205 Å². The van der Waals surface area contributed by atoms with E-state index in [1.807, 2.05) is 30.3 Å². The van der Waals surface area contributed by atoms with Crippen molar-refractivity contribution in [1.82, 2.24) is 14.9 Å². The molecule has 1 aliphatic heterocycles. The number of likely N-dealkylation sites (tertiary alicyclic amines) is 1. The van der Waals surface area contributed by atoms with E-state index in [1.54, 1.807) is 31.8 Å². The minimum atomic E-state index is -1.15. The highest BCUT2D eigenvalue weighted by Gasteiger charge is 2.31. The molecule has 0 bridgehead atoms. The zero-order valence-electron chi connectivity index (χ0n) is 19.9. The maximum atomic E-state index is 15.4. The van der Waals surface area contributed by atoms with Crippen molar-refractivity contribution >= 4 is 16.9 Å². The van der Waals surface area contributed by atoms with Gasteiger partial charge in [-0.05, 0) is 79.6 Å². The summed E-state index contributed by atoms with van der Waals surface area (Å²) in [5.74, 6) is 6.31. The standard InChI is InChI=1S/C28H30FN3O3/c1-35-23-5-7-27-25(18-23)24(10-14-31-27)26(29)6-4-21-11-16-32(19-22(21)17-28(33)34)15-2-3-20-8-12-30-13-9-20/h5,7-10,12-14,18,21-22,26H,4,6,11,15-17,19H2,1H3,(H,33,34)/t21-,22+,26?/m1/s1. The van der Waals surface area contributed by atoms with E-state index in [2.05, 4.69) is 26.7 Å². The molecule has 0 radical (unpaired) electrons. The third-order valence-electron chi connectivity index (χ3n) is 6.74. The summed E-state index contributed by atoms with van der Waals surface area (Å²) in [5.41, 5.74) is 2.25. The lowest BCUT2D eigenvalue weighted by molar-refractivity contribution is -0.139. The van der Waals surface area contributed by atoms with Gasteiger partial charge in [0.2, 0.25) is 0 Å². The number of alkyl halides is 1. The Hall–Kier alpha value is -3.50. The molecule has 1 unspecified atom stereocenters. The van der Waals surface area contributed by atoms with Crippen LogP contribution in [0.15, 0.2) is 55.0 Å². The summed E-state index contributed by atoms with van der Waals surface area (Å²) in [7, 11) is 1.59. The van der Waals surface area contributed by atoms with Crippen LogP contribution in [0.3, 0.4) is 0 Å². The molecule has 4 rings (SSSR count). The molecule has 1 fully saturated rings. The molecule has 0 amide bonds. The highest BCUT2D eigenvalue weighted by Crippen LogP contribution is 2.36. The largest absolute Gasteiger partial charge is 0.497 e. The number of carboxylic acids is 1. The molecule has 3 aromatic rings. The Morgan fingerprint density at radius 2 is 2.06 bits per heavy atom. The van der Waals surface area contributed by atoms with Gasteiger partial charge in [-0.25, -0.2) is 4.39 Å². The number of hydrogen-bond acceptors (Lipinski definition) is 5. The van der Waals surface area contributed by atoms with Gasteiger partial charge in [0.15, 0.2) is 0 Å². The van der Waals surface area contributed by atoms with E-state index in [4.69, 9.17) is 4.74 Å². The number of fused-ring (bicyclic) bond motifs is 1. The fraction of sp³-hybridized carbons (Fsp3) is 0.393. The first-order chi connectivity index (χ1) is 17.0. The summed E-state index contributed by atoms with van der Waals surface area (Å²) < 4.78 is 20.7. The smallest absolute Gasteiger partial charge is 0.303 e. The second kappa shape index (κ2) is 11.8. The molecule has 6 nitrogen and oxygen atoms in total. The van der Waals surface area contributed by atoms with Crippen LogP contribution >= 0.6 is 0 Å². The number of benzene rings is 1. The van der Waals surface area contributed by atoms with Crippen molar-refractivity contribution in [2.45, 2.75) is 31.9 Å². The number of halogens is 1. The summed E-state index contributed by atoms with van der Waals surface area (Å²) in [6.07, 6.45) is 5.82. The van der Waals surface area contributed by atoms with Crippen LogP contribution in [-0.4, -0.2) is 52.7 Å². The van der Waals surface area contributed by atoms with Crippen LogP contribution in [0, 0.1) is 23.7 Å². The van der Waals surface area contributed by atoms with Gasteiger partial charge in [0, 0.05) is 42.5 Å². The second-order valence-corrected chi connectivity index (χ2v) is 9.01. The van der Waals surface area contributed by atoms with Gasteiger partial charge in [-0.2, -0.15) is 0 Å². The topological polar surface area (TPSA) is 75.5 Å². The maximum absolute atomic E-state index is 15.4. The van der Waals surface area contributed by atoms with Crippen LogP contribution in [0.1, 0.15) is 43.0 Å². The van der Waals surface area contributed by atoms with Crippen molar-refractivity contribution in [1.29, 1.82) is 0 Å². The van der Waals surface area contributed by atoms with Crippen LogP contribution in [0.25, 0.3) is 10.9 Å². The molecular formula is C28H30FN3O3. The highest BCUT2D eigenvalue weighted by atomic mass is 19.1. The van der Waals surface area contributed by atoms with Crippen molar-refractivity contribution in [3.63, 3.8) is 0 Å². The van der Waals surface area contributed by atoms with Crippen molar-refractivity contribution < 1.29 is 19.0 Å². The predicted octanol–water partition coefficient (Wildman–Crippen LogP) is 4.89. The molecule has 0 spiro atoms. The molecular weight excluding hydrogens is 445 g/mol. The third kappa shape index (κ3) is 6.55. The Morgan fingerprint density at radius 1 is 1.23 bits per heavy atom. The fourth-order valence-corrected chi connectivity index (χ4v) is 4.89. The number of aliphatic carboxylic acids is 1. The lowest BCUT2D eigenvalue weighted by atomic mass is 9.79. The SMILES string of the molecule is COc1ccc2nccc(C(F)CC[C@@H]3CCN(CC#Cc4ccncc4)C[C@@H]3CC(=O)O)c2c1. The first kappa shape index (κ1) is 24.6. The maximum Gasteiger partial charge on any atom is 0.303 e. The number of rotatable bonds is 8. The summed E-state index contributed by atoms with van der Waals surface area (Å²) in [6.45, 7) is 2.08. The molecule has 1 aromatic carbocycles. The van der Waals surface area contributed by atoms with Crippen LogP contribution in [-0.2, 0) is 4.79 Å². The Morgan fingerprint density at radius 3 is 2.83 bits per heavy atom. The number of ether oxygens (including phenoxy) is 1. The number of aromatic nitrogens is 2. The fourth-order valence-electron chi connectivity index (χ4n) is 4.89. The van der Waals surface area contributed by atoms with Crippen molar-refractivity contribution in [3.05, 3.63) is 66.1 Å². The van der Waals surface area contributed by atoms with Gasteiger partial charge in [-0.3, -0.25) is 19.7 Å². The van der Waals surface area contributed by atoms with Crippen LogP contribution < -0.4 is 4.74 Å². The third-order valence-corrected chi connectivity index (χ3v) is 6.74. The average molecular weight is 476 g/mol. The lowest BCUT2D eigenvalue weighted by Crippen LogP contribution is -2.41. The van der Waals surface area contributed by atoms with E-state index >= 15 is 4.39 Å². The Balaban J connectivity index is 1.39. The quantitative estimate of drug-likeness (QED) is 0.468. The van der Waals surface area contributed by atoms with Crippen LogP contribution in [0.4, 0.5) is 4.39 Å². The summed E-state index contributed by atoms with van der Waals surface area (Å²) in [4.78, 5) is 22.1. The summed E-state index contributed by atoms with van der Waals surface area (Å²) >= 11 is 0. The van der Waals surface area contributed by atoms with Crippen LogP contribution in [0.5, 0.6) is 5.75 Å². The van der Waals surface area contributed by atoms with Crippen molar-refractivity contribution in [2.24, 2.45) is 11.8 Å². The molecule has 35 heavy (non-hydrogen) atoms. The first-order valence-corrected chi connectivity index (χ1v) is 11.9. The molecule has 3 atom stereocenters. The Bertz CT molecular complexity index is 1210. The van der Waals surface area contributed by atoms with Crippen LogP contribution in [0.2, 0.25) is 0 Å². The Kier molecular flexibility index (Phi) is 8.27. The normalized spacial score (nSPS) is 19.0. The molecule has 2 aromatic heterocycles. The van der Waals surface area contributed by atoms with Gasteiger partial charge in [0.25, 0.3) is 0 Å². The molecule has 1 aliphatic rings. The summed E-state index contributed by atoms with van der Waals surface area (Å²) in [6, 6.07) is 10.9. The molecule has 1 saturated heterocycles. The van der Waals surface area contributed by atoms with Gasteiger partial charge in [0.05, 0.1) is 19.2 Å². The van der Waals surface area contributed by atoms with Gasteiger partial charge in [0.1, 0.15) is 11.9 Å². The predicted molar refractivity (Wildman–Crippen MR) is 133 cm³/mol. The number of carbonyl (C=O) groups is 1. The van der Waals surface area contributed by atoms with Crippen molar-refractivity contribution in [3.8, 4) is 17.6 Å². The van der Waals surface area contributed by atoms with Gasteiger partial charge < -0.3 is 9.84 Å². The van der Waals surface area contributed by atoms with E-state index in [9.17, 15) is 9.90 Å². The zero-order chi connectivity index (χ0) is 24.6. The molecule has 1 N–H and O–H groups in total. The molecule has 0 aliphatic carbocycles. The minimum absolute atomic E-state index is 0.0227. The first-order valence-electron chi connectivity index (χ1n) is 11.9. The summed E-state index contributed by atoms with van der Waals surface area (Å²) in [5, 5.41) is 10.2. The van der Waals surface area contributed by atoms with E-state index in [1.165, 1.54) is 0 Å². The number of hydrogen-bond donors (Lipinski definition) is 1. The number of nitrogens with zero attached hydrogens (tertiary/aromatic N) is 3. The van der Waals surface area contributed by atoms with Gasteiger partial charge in [-0.15, -0.1) is 0 Å². The monoisotopic (exact) mass is 475 g/mol. The lowest BCUT2D eigenvalue weighted by Gasteiger charge is -2.37. The molecule has 7 heteroatoms. The second-order valence-electron chi connectivity index (χ2n) is 9.01. The van der Waals surface area contributed by atoms with Gasteiger partial charge >= 0.3 is 5.97 Å². The average Bonchev–Trinajstić information content (AvgIpc) is 2.87. The minimum Gasteiger partial charge on any atom is -0.497 e. The van der Waals surface area contributed by atoms with E-state index < -0.39 is 12.1 Å². The number of pyridine rings is 2. The molecule has 0 saturated carbocycles. The van der Waals surface area contributed by atoms with E-state index in [-0.39, 0.29) is 18.3 Å². The molecule has 3 heterocycles.